The van der Waals surface area contributed by atoms with Crippen LogP contribution in [0.2, 0.25) is 0 Å². The Balaban J connectivity index is 1.09. The summed E-state index contributed by atoms with van der Waals surface area (Å²) in [5.41, 5.74) is 5.58. The van der Waals surface area contributed by atoms with Crippen molar-refractivity contribution in [2.45, 2.75) is 19.8 Å². The Morgan fingerprint density at radius 1 is 0.944 bits per heavy atom. The first-order chi connectivity index (χ1) is 17.7. The van der Waals surface area contributed by atoms with Crippen molar-refractivity contribution >= 4 is 27.4 Å². The lowest BCUT2D eigenvalue weighted by atomic mass is 10.0. The molecule has 0 unspecified atom stereocenters. The van der Waals surface area contributed by atoms with E-state index in [2.05, 4.69) is 77.1 Å². The number of hydrogen-bond acceptors (Lipinski definition) is 7. The molecular weight excluding hydrogens is 468 g/mol. The van der Waals surface area contributed by atoms with E-state index in [-0.39, 0.29) is 0 Å². The molecule has 1 N–H and O–H groups in total. The minimum atomic E-state index is 0.686. The smallest absolute Gasteiger partial charge is 0.166 e. The summed E-state index contributed by atoms with van der Waals surface area (Å²) in [6, 6.07) is 21.2. The lowest BCUT2D eigenvalue weighted by molar-refractivity contribution is 0.568. The van der Waals surface area contributed by atoms with Gasteiger partial charge in [0, 0.05) is 11.4 Å². The average Bonchev–Trinajstić information content (AvgIpc) is 3.69. The molecule has 8 heteroatoms. The zero-order chi connectivity index (χ0) is 24.3. The van der Waals surface area contributed by atoms with Gasteiger partial charge in [0.1, 0.15) is 16.9 Å². The Kier molecular flexibility index (Phi) is 6.01. The molecule has 4 aromatic heterocycles. The van der Waals surface area contributed by atoms with Gasteiger partial charge in [0.25, 0.3) is 0 Å². The first-order valence-corrected chi connectivity index (χ1v) is 12.7. The molecule has 7 nitrogen and oxygen atoms in total. The van der Waals surface area contributed by atoms with Gasteiger partial charge in [-0.05, 0) is 60.7 Å². The Morgan fingerprint density at radius 3 is 2.47 bits per heavy atom. The minimum absolute atomic E-state index is 0.686. The summed E-state index contributed by atoms with van der Waals surface area (Å²) >= 11 is 1.68. The third-order valence-electron chi connectivity index (χ3n) is 6.07. The number of rotatable bonds is 8. The molecule has 0 bridgehead atoms. The van der Waals surface area contributed by atoms with E-state index in [1.807, 2.05) is 12.3 Å². The van der Waals surface area contributed by atoms with Crippen LogP contribution < -0.4 is 5.32 Å². The molecule has 0 saturated carbocycles. The van der Waals surface area contributed by atoms with Gasteiger partial charge in [-0.15, -0.1) is 16.4 Å². The maximum Gasteiger partial charge on any atom is 0.166 e. The van der Waals surface area contributed by atoms with Gasteiger partial charge < -0.3 is 9.73 Å². The summed E-state index contributed by atoms with van der Waals surface area (Å²) < 4.78 is 6.98. The van der Waals surface area contributed by atoms with Gasteiger partial charge in [-0.25, -0.2) is 14.6 Å². The third kappa shape index (κ3) is 4.63. The molecule has 4 heterocycles. The highest BCUT2D eigenvalue weighted by Crippen LogP contribution is 2.31. The predicted octanol–water partition coefficient (Wildman–Crippen LogP) is 6.55. The van der Waals surface area contributed by atoms with Crippen molar-refractivity contribution in [3.05, 3.63) is 96.0 Å². The Bertz CT molecular complexity index is 1570. The van der Waals surface area contributed by atoms with Gasteiger partial charge in [0.2, 0.25) is 0 Å². The summed E-state index contributed by atoms with van der Waals surface area (Å²) in [7, 11) is 0. The number of nitrogens with zero attached hydrogens (tertiary/aromatic N) is 5. The first kappa shape index (κ1) is 22.2. The highest BCUT2D eigenvalue weighted by Gasteiger charge is 2.12. The molecule has 0 aliphatic carbocycles. The van der Waals surface area contributed by atoms with Crippen LogP contribution in [-0.4, -0.2) is 31.5 Å². The predicted molar refractivity (Wildman–Crippen MR) is 143 cm³/mol. The topological polar surface area (TPSA) is 81.7 Å². The first-order valence-electron chi connectivity index (χ1n) is 11.8. The molecule has 0 radical (unpaired) electrons. The van der Waals surface area contributed by atoms with Crippen molar-refractivity contribution in [1.82, 2.24) is 25.0 Å². The molecule has 2 aromatic carbocycles. The molecular formula is C28H24N6OS. The molecule has 0 saturated heterocycles. The highest BCUT2D eigenvalue weighted by molar-refractivity contribution is 7.18. The number of anilines is 1. The van der Waals surface area contributed by atoms with Crippen LogP contribution in [-0.2, 0) is 6.42 Å². The van der Waals surface area contributed by atoms with Crippen LogP contribution >= 0.6 is 11.3 Å². The van der Waals surface area contributed by atoms with Gasteiger partial charge in [0.05, 0.1) is 35.3 Å². The van der Waals surface area contributed by atoms with Crippen LogP contribution in [0.25, 0.3) is 38.4 Å². The van der Waals surface area contributed by atoms with Crippen molar-refractivity contribution in [2.24, 2.45) is 0 Å². The van der Waals surface area contributed by atoms with E-state index in [9.17, 15) is 0 Å². The molecule has 0 spiro atoms. The second kappa shape index (κ2) is 9.75. The van der Waals surface area contributed by atoms with Gasteiger partial charge in [0.15, 0.2) is 5.82 Å². The molecule has 0 amide bonds. The lowest BCUT2D eigenvalue weighted by Gasteiger charge is -2.09. The number of benzene rings is 2. The van der Waals surface area contributed by atoms with Crippen LogP contribution in [0.5, 0.6) is 0 Å². The monoisotopic (exact) mass is 492 g/mol. The van der Waals surface area contributed by atoms with Crippen LogP contribution in [0.15, 0.2) is 90.0 Å². The lowest BCUT2D eigenvalue weighted by Crippen LogP contribution is -2.06. The fourth-order valence-electron chi connectivity index (χ4n) is 4.21. The largest absolute Gasteiger partial charge is 0.472 e. The third-order valence-corrected chi connectivity index (χ3v) is 7.02. The van der Waals surface area contributed by atoms with Gasteiger partial charge in [-0.1, -0.05) is 41.6 Å². The van der Waals surface area contributed by atoms with Crippen molar-refractivity contribution in [1.29, 1.82) is 0 Å². The second-order valence-corrected chi connectivity index (χ2v) is 9.84. The van der Waals surface area contributed by atoms with Crippen molar-refractivity contribution in [3.63, 3.8) is 0 Å². The number of hydrogen-bond donors (Lipinski definition) is 1. The molecule has 0 fully saturated rings. The summed E-state index contributed by atoms with van der Waals surface area (Å²) in [6.07, 6.45) is 8.84. The normalized spacial score (nSPS) is 11.2. The van der Waals surface area contributed by atoms with Gasteiger partial charge >= 0.3 is 0 Å². The number of aryl methyl sites for hydroxylation is 2. The standard InChI is InChI=1S/C28H24N6OS/c1-19-17-25-27(31-26(32-28(25)36-19)23-12-16-35-18-23)29-13-2-3-20-4-6-21(7-5-20)22-8-10-24(11-9-22)34-15-14-30-33-34/h4-12,14-18H,2-3,13H2,1H3,(H,29,31,32). The van der Waals surface area contributed by atoms with E-state index in [0.29, 0.717) is 5.82 Å². The van der Waals surface area contributed by atoms with E-state index in [4.69, 9.17) is 14.4 Å². The number of aromatic nitrogens is 5. The Morgan fingerprint density at radius 2 is 1.75 bits per heavy atom. The van der Waals surface area contributed by atoms with Crippen LogP contribution in [0, 0.1) is 6.92 Å². The second-order valence-electron chi connectivity index (χ2n) is 8.61. The molecule has 178 valence electrons. The van der Waals surface area contributed by atoms with Crippen LogP contribution in [0.4, 0.5) is 5.82 Å². The molecule has 0 aliphatic heterocycles. The fourth-order valence-corrected chi connectivity index (χ4v) is 5.09. The average molecular weight is 493 g/mol. The van der Waals surface area contributed by atoms with Gasteiger partial charge in [-0.2, -0.15) is 0 Å². The summed E-state index contributed by atoms with van der Waals surface area (Å²) in [5, 5.41) is 12.5. The Hall–Kier alpha value is -4.30. The maximum absolute atomic E-state index is 5.23. The van der Waals surface area contributed by atoms with E-state index < -0.39 is 0 Å². The molecule has 6 aromatic rings. The van der Waals surface area contributed by atoms with Crippen LogP contribution in [0.3, 0.4) is 0 Å². The minimum Gasteiger partial charge on any atom is -0.472 e. The van der Waals surface area contributed by atoms with E-state index in [1.165, 1.54) is 21.6 Å². The highest BCUT2D eigenvalue weighted by atomic mass is 32.1. The zero-order valence-electron chi connectivity index (χ0n) is 19.8. The molecule has 6 rings (SSSR count). The maximum atomic E-state index is 5.23. The van der Waals surface area contributed by atoms with Crippen molar-refractivity contribution in [2.75, 3.05) is 11.9 Å². The molecule has 0 atom stereocenters. The van der Waals surface area contributed by atoms with Crippen LogP contribution in [0.1, 0.15) is 16.9 Å². The van der Waals surface area contributed by atoms with Crippen molar-refractivity contribution < 1.29 is 4.42 Å². The molecule has 36 heavy (non-hydrogen) atoms. The number of fused-ring (bicyclic) bond motifs is 1. The summed E-state index contributed by atoms with van der Waals surface area (Å²) in [4.78, 5) is 11.7. The SMILES string of the molecule is Cc1cc2c(NCCCc3ccc(-c4ccc(-n5ccnn5)cc4)cc3)nc(-c3ccoc3)nc2s1. The van der Waals surface area contributed by atoms with E-state index >= 15 is 0 Å². The molecule has 0 aliphatic rings. The van der Waals surface area contributed by atoms with Gasteiger partial charge in [-0.3, -0.25) is 0 Å². The van der Waals surface area contributed by atoms with E-state index in [0.717, 1.165) is 46.7 Å². The quantitative estimate of drug-likeness (QED) is 0.243. The Labute approximate surface area is 212 Å². The summed E-state index contributed by atoms with van der Waals surface area (Å²) in [5.74, 6) is 1.57. The summed E-state index contributed by atoms with van der Waals surface area (Å²) in [6.45, 7) is 2.93. The van der Waals surface area contributed by atoms with E-state index in [1.54, 1.807) is 34.7 Å². The number of furan rings is 1. The number of thiophene rings is 1. The number of nitrogens with one attached hydrogen (secondary N) is 1. The van der Waals surface area contributed by atoms with Crippen molar-refractivity contribution in [3.8, 4) is 28.2 Å². The fraction of sp³-hybridized carbons (Fsp3) is 0.143. The zero-order valence-corrected chi connectivity index (χ0v) is 20.6.